The first-order chi connectivity index (χ1) is 16.1. The molecule has 0 spiro atoms. The lowest BCUT2D eigenvalue weighted by Gasteiger charge is -2.23. The molecule has 0 saturated carbocycles. The first kappa shape index (κ1) is 28.1. The van der Waals surface area contributed by atoms with Crippen LogP contribution in [0.1, 0.15) is 51.9 Å². The molecule has 0 unspecified atom stereocenters. The summed E-state index contributed by atoms with van der Waals surface area (Å²) in [5.74, 6) is 0.719. The predicted octanol–water partition coefficient (Wildman–Crippen LogP) is 8.67. The summed E-state index contributed by atoms with van der Waals surface area (Å²) in [4.78, 5) is 4.32. The average molecular weight is 500 g/mol. The van der Waals surface area contributed by atoms with Gasteiger partial charge in [0.2, 0.25) is 0 Å². The van der Waals surface area contributed by atoms with Gasteiger partial charge in [-0.3, -0.25) is 4.98 Å². The van der Waals surface area contributed by atoms with Crippen LogP contribution in [0.2, 0.25) is 25.2 Å². The largest absolute Gasteiger partial charge is 0.493 e. The van der Waals surface area contributed by atoms with Gasteiger partial charge in [0.1, 0.15) is 17.3 Å². The summed E-state index contributed by atoms with van der Waals surface area (Å²) in [7, 11) is -1.84. The minimum Gasteiger partial charge on any atom is -0.493 e. The number of aromatic nitrogens is 1. The van der Waals surface area contributed by atoms with Gasteiger partial charge in [-0.05, 0) is 43.2 Å². The van der Waals surface area contributed by atoms with Crippen molar-refractivity contribution in [3.63, 3.8) is 0 Å². The van der Waals surface area contributed by atoms with E-state index >= 15 is 0 Å². The van der Waals surface area contributed by atoms with Crippen molar-refractivity contribution in [1.29, 1.82) is 0 Å². The number of hydrogen-bond acceptors (Lipinski definition) is 3. The van der Waals surface area contributed by atoms with E-state index in [0.717, 1.165) is 38.1 Å². The Morgan fingerprint density at radius 2 is 1.53 bits per heavy atom. The number of ether oxygens (including phenoxy) is 2. The van der Waals surface area contributed by atoms with Crippen LogP contribution in [0.25, 0.3) is 11.3 Å². The number of nitrogens with zero attached hydrogens (tertiary/aromatic N) is 1. The molecule has 0 radical (unpaired) electrons. The number of alkyl halides is 3. The Balaban J connectivity index is 1.75. The zero-order chi connectivity index (χ0) is 25.0. The Morgan fingerprint density at radius 1 is 0.853 bits per heavy atom. The van der Waals surface area contributed by atoms with Crippen molar-refractivity contribution in [2.24, 2.45) is 0 Å². The molecule has 2 aromatic rings. The third-order valence-corrected chi connectivity index (χ3v) is 9.13. The summed E-state index contributed by atoms with van der Waals surface area (Å²) in [5.41, 5.74) is 0.910. The molecule has 0 N–H and O–H groups in total. The normalized spacial score (nSPS) is 12.1. The van der Waals surface area contributed by atoms with Crippen molar-refractivity contribution in [2.75, 3.05) is 13.2 Å². The Morgan fingerprint density at radius 3 is 2.15 bits per heavy atom. The number of rotatable bonds is 15. The van der Waals surface area contributed by atoms with Crippen molar-refractivity contribution >= 4 is 8.07 Å². The smallest absolute Gasteiger partial charge is 0.388 e. The maximum atomic E-state index is 14.6. The molecular formula is C26H37F4NO2Si. The van der Waals surface area contributed by atoms with E-state index in [0.29, 0.717) is 36.0 Å². The molecule has 1 aromatic heterocycles. The van der Waals surface area contributed by atoms with Gasteiger partial charge < -0.3 is 9.47 Å². The van der Waals surface area contributed by atoms with E-state index in [9.17, 15) is 17.6 Å². The quantitative estimate of drug-likeness (QED) is 0.140. The fourth-order valence-corrected chi connectivity index (χ4v) is 6.06. The second-order valence-corrected chi connectivity index (χ2v) is 14.8. The first-order valence-electron chi connectivity index (χ1n) is 12.2. The van der Waals surface area contributed by atoms with Crippen molar-refractivity contribution in [3.8, 4) is 22.8 Å². The Labute approximate surface area is 201 Å². The fraction of sp³-hybridized carbons (Fsp3) is 0.577. The molecule has 3 nitrogen and oxygen atoms in total. The molecule has 0 aliphatic heterocycles. The van der Waals surface area contributed by atoms with Crippen LogP contribution in [0, 0.1) is 5.82 Å². The second-order valence-electron chi connectivity index (χ2n) is 9.51. The monoisotopic (exact) mass is 499 g/mol. The Bertz CT molecular complexity index is 857. The first-order valence-corrected chi connectivity index (χ1v) is 15.6. The number of hydrogen-bond donors (Lipinski definition) is 0. The van der Waals surface area contributed by atoms with E-state index in [2.05, 4.69) is 11.9 Å². The van der Waals surface area contributed by atoms with Crippen molar-refractivity contribution in [2.45, 2.75) is 83.2 Å². The molecule has 190 valence electrons. The Hall–Kier alpha value is -2.09. The van der Waals surface area contributed by atoms with Gasteiger partial charge in [-0.25, -0.2) is 4.39 Å². The lowest BCUT2D eigenvalue weighted by Crippen LogP contribution is -2.27. The highest BCUT2D eigenvalue weighted by Gasteiger charge is 2.31. The zero-order valence-electron chi connectivity index (χ0n) is 20.5. The molecule has 8 heteroatoms. The molecule has 0 fully saturated rings. The van der Waals surface area contributed by atoms with Gasteiger partial charge in [0.05, 0.1) is 25.1 Å². The zero-order valence-corrected chi connectivity index (χ0v) is 21.5. The summed E-state index contributed by atoms with van der Waals surface area (Å²) in [6.45, 7) is 7.22. The molecule has 1 heterocycles. The van der Waals surface area contributed by atoms with Crippen molar-refractivity contribution < 1.29 is 27.0 Å². The minimum absolute atomic E-state index is 0.269. The molecule has 0 amide bonds. The molecule has 2 rings (SSSR count). The van der Waals surface area contributed by atoms with Crippen LogP contribution in [-0.4, -0.2) is 32.4 Å². The van der Waals surface area contributed by atoms with E-state index in [1.807, 2.05) is 13.1 Å². The van der Waals surface area contributed by atoms with E-state index in [4.69, 9.17) is 9.47 Å². The number of halogens is 4. The molecule has 0 aliphatic carbocycles. The van der Waals surface area contributed by atoms with Gasteiger partial charge in [-0.1, -0.05) is 51.7 Å². The summed E-state index contributed by atoms with van der Waals surface area (Å²) >= 11 is 0. The molecule has 0 bridgehead atoms. The fourth-order valence-electron chi connectivity index (χ4n) is 3.64. The summed E-state index contributed by atoms with van der Waals surface area (Å²) in [6, 6.07) is 9.40. The van der Waals surface area contributed by atoms with Crippen LogP contribution in [-0.2, 0) is 0 Å². The highest BCUT2D eigenvalue weighted by molar-refractivity contribution is 6.77. The number of benzene rings is 1. The maximum Gasteiger partial charge on any atom is 0.388 e. The maximum absolute atomic E-state index is 14.6. The van der Waals surface area contributed by atoms with Gasteiger partial charge in [0.25, 0.3) is 0 Å². The molecule has 1 aromatic carbocycles. The average Bonchev–Trinajstić information content (AvgIpc) is 2.78. The van der Waals surface area contributed by atoms with Gasteiger partial charge in [-0.2, -0.15) is 13.2 Å². The Kier molecular flexibility index (Phi) is 11.3. The predicted molar refractivity (Wildman–Crippen MR) is 132 cm³/mol. The van der Waals surface area contributed by atoms with E-state index in [-0.39, 0.29) is 11.9 Å². The van der Waals surface area contributed by atoms with E-state index in [1.165, 1.54) is 12.5 Å². The van der Waals surface area contributed by atoms with Gasteiger partial charge in [0, 0.05) is 26.1 Å². The SMILES string of the molecule is CCCCCCOc1ccc(-c2ccc(OCCCC[Si](C)(C)CCC(F)(F)F)cn2)c(F)c1. The topological polar surface area (TPSA) is 31.4 Å². The van der Waals surface area contributed by atoms with Gasteiger partial charge in [0.15, 0.2) is 0 Å². The van der Waals surface area contributed by atoms with Crippen LogP contribution in [0.5, 0.6) is 11.5 Å². The molecular weight excluding hydrogens is 462 g/mol. The summed E-state index contributed by atoms with van der Waals surface area (Å²) in [6.07, 6.45) is 2.83. The lowest BCUT2D eigenvalue weighted by atomic mass is 10.1. The van der Waals surface area contributed by atoms with Crippen molar-refractivity contribution in [3.05, 3.63) is 42.3 Å². The van der Waals surface area contributed by atoms with Crippen LogP contribution < -0.4 is 9.47 Å². The van der Waals surface area contributed by atoms with E-state index < -0.39 is 20.7 Å². The van der Waals surface area contributed by atoms with E-state index in [1.54, 1.807) is 30.5 Å². The summed E-state index contributed by atoms with van der Waals surface area (Å²) in [5, 5.41) is 0. The second kappa shape index (κ2) is 13.7. The number of unbranched alkanes of at least 4 members (excludes halogenated alkanes) is 4. The molecule has 34 heavy (non-hydrogen) atoms. The highest BCUT2D eigenvalue weighted by atomic mass is 28.3. The molecule has 0 saturated heterocycles. The third kappa shape index (κ3) is 10.9. The van der Waals surface area contributed by atoms with Crippen molar-refractivity contribution in [1.82, 2.24) is 4.98 Å². The standard InChI is InChI=1S/C26H37F4NO2Si/c1-4-5-6-7-15-32-21-10-12-23(24(27)19-21)25-13-11-22(20-31-25)33-16-8-9-17-34(2,3)18-14-26(28,29)30/h10-13,19-20H,4-9,14-18H2,1-3H3. The van der Waals surface area contributed by atoms with Crippen LogP contribution in [0.15, 0.2) is 36.5 Å². The van der Waals surface area contributed by atoms with Crippen LogP contribution in [0.3, 0.4) is 0 Å². The molecule has 0 atom stereocenters. The lowest BCUT2D eigenvalue weighted by molar-refractivity contribution is -0.130. The van der Waals surface area contributed by atoms with Gasteiger partial charge in [-0.15, -0.1) is 0 Å². The third-order valence-electron chi connectivity index (χ3n) is 5.82. The number of pyridine rings is 1. The van der Waals surface area contributed by atoms with Crippen LogP contribution in [0.4, 0.5) is 17.6 Å². The minimum atomic E-state index is -4.07. The highest BCUT2D eigenvalue weighted by Crippen LogP contribution is 2.29. The summed E-state index contributed by atoms with van der Waals surface area (Å²) < 4.78 is 63.2. The molecule has 0 aliphatic rings. The van der Waals surface area contributed by atoms with Gasteiger partial charge >= 0.3 is 6.18 Å². The van der Waals surface area contributed by atoms with Crippen LogP contribution >= 0.6 is 0 Å².